The first-order valence-electron chi connectivity index (χ1n) is 4.91. The van der Waals surface area contributed by atoms with Crippen LogP contribution in [0.1, 0.15) is 19.7 Å². The van der Waals surface area contributed by atoms with E-state index >= 15 is 0 Å². The van der Waals surface area contributed by atoms with Crippen molar-refractivity contribution in [2.45, 2.75) is 20.3 Å². The second-order valence-corrected chi connectivity index (χ2v) is 3.57. The van der Waals surface area contributed by atoms with Gasteiger partial charge >= 0.3 is 0 Å². The van der Waals surface area contributed by atoms with Crippen LogP contribution >= 0.6 is 0 Å². The van der Waals surface area contributed by atoms with Gasteiger partial charge in [0.2, 0.25) is 0 Å². The summed E-state index contributed by atoms with van der Waals surface area (Å²) in [5, 5.41) is 3.34. The van der Waals surface area contributed by atoms with Crippen molar-refractivity contribution in [3.8, 4) is 0 Å². The molecule has 13 heavy (non-hydrogen) atoms. The molecule has 1 aromatic rings. The molecule has 0 aliphatic rings. The first-order chi connectivity index (χ1) is 6.24. The van der Waals surface area contributed by atoms with E-state index in [9.17, 15) is 0 Å². The Morgan fingerprint density at radius 3 is 2.92 bits per heavy atom. The predicted molar refractivity (Wildman–Crippen MR) is 54.6 cm³/mol. The minimum Gasteiger partial charge on any atom is -0.338 e. The van der Waals surface area contributed by atoms with Gasteiger partial charge in [-0.2, -0.15) is 0 Å². The van der Waals surface area contributed by atoms with Crippen molar-refractivity contribution >= 4 is 0 Å². The molecule has 0 aromatic carbocycles. The topological polar surface area (TPSA) is 29.9 Å². The number of hydrogen-bond acceptors (Lipinski definition) is 2. The van der Waals surface area contributed by atoms with Crippen LogP contribution in [0.5, 0.6) is 0 Å². The number of nitrogens with zero attached hydrogens (tertiary/aromatic N) is 2. The molecule has 74 valence electrons. The van der Waals surface area contributed by atoms with Gasteiger partial charge in [0.25, 0.3) is 0 Å². The minimum absolute atomic E-state index is 0.654. The lowest BCUT2D eigenvalue weighted by Gasteiger charge is -2.11. The highest BCUT2D eigenvalue weighted by atomic mass is 15.0. The van der Waals surface area contributed by atoms with Crippen molar-refractivity contribution < 1.29 is 0 Å². The zero-order chi connectivity index (χ0) is 9.68. The molecule has 0 saturated heterocycles. The Morgan fingerprint density at radius 2 is 2.38 bits per heavy atom. The Morgan fingerprint density at radius 1 is 1.62 bits per heavy atom. The molecule has 1 aromatic heterocycles. The third kappa shape index (κ3) is 3.19. The summed E-state index contributed by atoms with van der Waals surface area (Å²) in [7, 11) is 2.04. The van der Waals surface area contributed by atoms with Crippen molar-refractivity contribution in [3.05, 3.63) is 18.2 Å². The summed E-state index contributed by atoms with van der Waals surface area (Å²) >= 11 is 0. The second kappa shape index (κ2) is 5.02. The van der Waals surface area contributed by atoms with Gasteiger partial charge in [-0.3, -0.25) is 0 Å². The Labute approximate surface area is 80.2 Å². The van der Waals surface area contributed by atoms with E-state index in [0.29, 0.717) is 5.92 Å². The van der Waals surface area contributed by atoms with Crippen LogP contribution in [-0.4, -0.2) is 22.6 Å². The fourth-order valence-electron chi connectivity index (χ4n) is 1.37. The molecule has 3 heteroatoms. The number of nitrogens with one attached hydrogen (secondary N) is 1. The van der Waals surface area contributed by atoms with Crippen molar-refractivity contribution in [1.29, 1.82) is 0 Å². The van der Waals surface area contributed by atoms with Gasteiger partial charge < -0.3 is 9.88 Å². The first kappa shape index (κ1) is 10.3. The van der Waals surface area contributed by atoms with Gasteiger partial charge in [0.1, 0.15) is 5.82 Å². The van der Waals surface area contributed by atoms with Crippen LogP contribution in [0.4, 0.5) is 0 Å². The summed E-state index contributed by atoms with van der Waals surface area (Å²) in [5.41, 5.74) is 0. The lowest BCUT2D eigenvalue weighted by atomic mass is 10.1. The van der Waals surface area contributed by atoms with Crippen LogP contribution in [0.25, 0.3) is 0 Å². The highest BCUT2D eigenvalue weighted by molar-refractivity contribution is 4.92. The first-order valence-corrected chi connectivity index (χ1v) is 4.91. The number of aromatic nitrogens is 2. The van der Waals surface area contributed by atoms with E-state index in [-0.39, 0.29) is 0 Å². The summed E-state index contributed by atoms with van der Waals surface area (Å²) in [5.74, 6) is 1.83. The normalized spacial score (nSPS) is 13.2. The summed E-state index contributed by atoms with van der Waals surface area (Å²) in [4.78, 5) is 4.30. The summed E-state index contributed by atoms with van der Waals surface area (Å²) in [6.07, 6.45) is 4.90. The molecule has 1 atom stereocenters. The smallest absolute Gasteiger partial charge is 0.108 e. The average Bonchev–Trinajstić information content (AvgIpc) is 2.48. The van der Waals surface area contributed by atoms with Crippen LogP contribution in [0.2, 0.25) is 0 Å². The Bertz CT molecular complexity index is 242. The van der Waals surface area contributed by atoms with Crippen LogP contribution in [0.15, 0.2) is 12.4 Å². The van der Waals surface area contributed by atoms with Gasteiger partial charge in [-0.25, -0.2) is 4.98 Å². The lowest BCUT2D eigenvalue weighted by molar-refractivity contribution is 0.503. The van der Waals surface area contributed by atoms with Crippen LogP contribution in [0.3, 0.4) is 0 Å². The molecule has 1 unspecified atom stereocenters. The molecule has 0 radical (unpaired) electrons. The fourth-order valence-corrected chi connectivity index (χ4v) is 1.37. The average molecular weight is 181 g/mol. The molecule has 0 aliphatic carbocycles. The Balaban J connectivity index is 2.36. The molecule has 0 spiro atoms. The predicted octanol–water partition coefficient (Wildman–Crippen LogP) is 1.21. The highest BCUT2D eigenvalue weighted by Gasteiger charge is 2.05. The molecule has 1 N–H and O–H groups in total. The van der Waals surface area contributed by atoms with Crippen molar-refractivity contribution in [3.63, 3.8) is 0 Å². The summed E-state index contributed by atoms with van der Waals surface area (Å²) in [6, 6.07) is 0. The van der Waals surface area contributed by atoms with Gasteiger partial charge in [-0.1, -0.05) is 13.8 Å². The van der Waals surface area contributed by atoms with Crippen LogP contribution < -0.4 is 5.32 Å². The van der Waals surface area contributed by atoms with E-state index in [1.54, 1.807) is 0 Å². The molecule has 0 fully saturated rings. The summed E-state index contributed by atoms with van der Waals surface area (Å²) in [6.45, 7) is 6.50. The molecule has 0 amide bonds. The van der Waals surface area contributed by atoms with Gasteiger partial charge in [-0.15, -0.1) is 0 Å². The van der Waals surface area contributed by atoms with Crippen LogP contribution in [-0.2, 0) is 13.5 Å². The second-order valence-electron chi connectivity index (χ2n) is 3.57. The molecule has 1 heterocycles. The van der Waals surface area contributed by atoms with Gasteiger partial charge in [-0.05, 0) is 19.0 Å². The van der Waals surface area contributed by atoms with Gasteiger partial charge in [0.05, 0.1) is 0 Å². The minimum atomic E-state index is 0.654. The number of aryl methyl sites for hydroxylation is 1. The number of rotatable bonds is 5. The molecule has 0 aliphatic heterocycles. The standard InChI is InChI=1S/C10H19N3/c1-4-11-8-9(2)7-10-12-5-6-13(10)3/h5-6,9,11H,4,7-8H2,1-3H3. The SMILES string of the molecule is CCNCC(C)Cc1nccn1C. The van der Waals surface area contributed by atoms with E-state index in [1.807, 2.05) is 19.4 Å². The monoisotopic (exact) mass is 181 g/mol. The highest BCUT2D eigenvalue weighted by Crippen LogP contribution is 2.04. The number of imidazole rings is 1. The molecule has 0 bridgehead atoms. The largest absolute Gasteiger partial charge is 0.338 e. The van der Waals surface area contributed by atoms with E-state index in [1.165, 1.54) is 5.82 Å². The third-order valence-electron chi connectivity index (χ3n) is 2.19. The van der Waals surface area contributed by atoms with Crippen molar-refractivity contribution in [1.82, 2.24) is 14.9 Å². The third-order valence-corrected chi connectivity index (χ3v) is 2.19. The van der Waals surface area contributed by atoms with Gasteiger partial charge in [0, 0.05) is 25.9 Å². The van der Waals surface area contributed by atoms with E-state index in [0.717, 1.165) is 19.5 Å². The Hall–Kier alpha value is -0.830. The maximum Gasteiger partial charge on any atom is 0.108 e. The maximum atomic E-state index is 4.30. The van der Waals surface area contributed by atoms with E-state index < -0.39 is 0 Å². The summed E-state index contributed by atoms with van der Waals surface area (Å²) < 4.78 is 2.09. The Kier molecular flexibility index (Phi) is 3.96. The van der Waals surface area contributed by atoms with E-state index in [2.05, 4.69) is 28.7 Å². The molecular formula is C10H19N3. The van der Waals surface area contributed by atoms with Gasteiger partial charge in [0.15, 0.2) is 0 Å². The maximum absolute atomic E-state index is 4.30. The zero-order valence-electron chi connectivity index (χ0n) is 8.75. The quantitative estimate of drug-likeness (QED) is 0.740. The lowest BCUT2D eigenvalue weighted by Crippen LogP contribution is -2.22. The molecular weight excluding hydrogens is 162 g/mol. The number of hydrogen-bond donors (Lipinski definition) is 1. The van der Waals surface area contributed by atoms with Crippen molar-refractivity contribution in [2.24, 2.45) is 13.0 Å². The fraction of sp³-hybridized carbons (Fsp3) is 0.700. The van der Waals surface area contributed by atoms with E-state index in [4.69, 9.17) is 0 Å². The molecule has 0 saturated carbocycles. The van der Waals surface area contributed by atoms with Crippen molar-refractivity contribution in [2.75, 3.05) is 13.1 Å². The zero-order valence-corrected chi connectivity index (χ0v) is 8.75. The molecule has 3 nitrogen and oxygen atoms in total. The van der Waals surface area contributed by atoms with Crippen LogP contribution in [0, 0.1) is 5.92 Å². The molecule has 1 rings (SSSR count).